The summed E-state index contributed by atoms with van der Waals surface area (Å²) in [5.74, 6) is 1.18. The molecule has 10 heteroatoms. The Morgan fingerprint density at radius 1 is 1.06 bits per heavy atom. The SMILES string of the molecule is CCOC(=O)Cn1c(=NC(=O)c2cc(OC)cc(OC)c2)sc2cc3c(cc21)OCO3. The summed E-state index contributed by atoms with van der Waals surface area (Å²) in [6.45, 7) is 2.03. The van der Waals surface area contributed by atoms with Gasteiger partial charge in [0.2, 0.25) is 6.79 Å². The first-order valence-electron chi connectivity index (χ1n) is 9.43. The lowest BCUT2D eigenvalue weighted by Crippen LogP contribution is -2.23. The minimum Gasteiger partial charge on any atom is -0.497 e. The van der Waals surface area contributed by atoms with Crippen LogP contribution < -0.4 is 23.7 Å². The normalized spacial score (nSPS) is 12.8. The molecule has 31 heavy (non-hydrogen) atoms. The molecule has 0 saturated carbocycles. The van der Waals surface area contributed by atoms with E-state index in [2.05, 4.69) is 4.99 Å². The van der Waals surface area contributed by atoms with E-state index >= 15 is 0 Å². The number of benzene rings is 2. The van der Waals surface area contributed by atoms with Crippen LogP contribution in [0.2, 0.25) is 0 Å². The zero-order chi connectivity index (χ0) is 22.0. The third-order valence-corrected chi connectivity index (χ3v) is 5.61. The monoisotopic (exact) mass is 444 g/mol. The largest absolute Gasteiger partial charge is 0.497 e. The number of thiazole rings is 1. The molecule has 1 aliphatic rings. The molecule has 1 aliphatic heterocycles. The van der Waals surface area contributed by atoms with Gasteiger partial charge in [-0.15, -0.1) is 0 Å². The molecule has 162 valence electrons. The van der Waals surface area contributed by atoms with Gasteiger partial charge in [0, 0.05) is 23.8 Å². The fourth-order valence-electron chi connectivity index (χ4n) is 3.12. The number of methoxy groups -OCH3 is 2. The average Bonchev–Trinajstić information content (AvgIpc) is 3.35. The van der Waals surface area contributed by atoms with Crippen LogP contribution in [0.5, 0.6) is 23.0 Å². The van der Waals surface area contributed by atoms with Gasteiger partial charge >= 0.3 is 5.97 Å². The highest BCUT2D eigenvalue weighted by atomic mass is 32.1. The Balaban J connectivity index is 1.83. The van der Waals surface area contributed by atoms with Crippen molar-refractivity contribution in [3.05, 3.63) is 40.7 Å². The van der Waals surface area contributed by atoms with E-state index in [1.165, 1.54) is 25.6 Å². The first kappa shape index (κ1) is 20.7. The third-order valence-electron chi connectivity index (χ3n) is 4.57. The van der Waals surface area contributed by atoms with E-state index in [9.17, 15) is 9.59 Å². The van der Waals surface area contributed by atoms with E-state index < -0.39 is 11.9 Å². The summed E-state index contributed by atoms with van der Waals surface area (Å²) in [5, 5.41) is 0. The standard InChI is InChI=1S/C21H20N2O7S/c1-4-28-19(24)10-23-15-8-16-17(30-11-29-16)9-18(15)31-21(23)22-20(25)12-5-13(26-2)7-14(6-12)27-3/h5-9H,4,10-11H2,1-3H3. The van der Waals surface area contributed by atoms with Crippen molar-refractivity contribution in [3.63, 3.8) is 0 Å². The molecule has 0 radical (unpaired) electrons. The summed E-state index contributed by atoms with van der Waals surface area (Å²) < 4.78 is 28.9. The molecule has 0 aliphatic carbocycles. The van der Waals surface area contributed by atoms with Crippen LogP contribution in [0.1, 0.15) is 17.3 Å². The molecule has 2 heterocycles. The van der Waals surface area contributed by atoms with Crippen molar-refractivity contribution in [2.75, 3.05) is 27.6 Å². The molecule has 0 saturated heterocycles. The number of hydrogen-bond acceptors (Lipinski definition) is 8. The molecule has 0 atom stereocenters. The average molecular weight is 444 g/mol. The molecule has 9 nitrogen and oxygen atoms in total. The van der Waals surface area contributed by atoms with Gasteiger partial charge in [0.1, 0.15) is 18.0 Å². The van der Waals surface area contributed by atoms with E-state index in [4.69, 9.17) is 23.7 Å². The highest BCUT2D eigenvalue weighted by Crippen LogP contribution is 2.37. The molecule has 3 aromatic rings. The van der Waals surface area contributed by atoms with Gasteiger partial charge in [-0.2, -0.15) is 4.99 Å². The van der Waals surface area contributed by atoms with Crippen LogP contribution in [-0.2, 0) is 16.1 Å². The topological polar surface area (TPSA) is 97.6 Å². The lowest BCUT2D eigenvalue weighted by molar-refractivity contribution is -0.143. The van der Waals surface area contributed by atoms with Gasteiger partial charge in [-0.05, 0) is 19.1 Å². The summed E-state index contributed by atoms with van der Waals surface area (Å²) in [6.07, 6.45) is 0. The fraction of sp³-hybridized carbons (Fsp3) is 0.286. The van der Waals surface area contributed by atoms with E-state index in [0.717, 1.165) is 4.70 Å². The van der Waals surface area contributed by atoms with Crippen molar-refractivity contribution in [2.45, 2.75) is 13.5 Å². The summed E-state index contributed by atoms with van der Waals surface area (Å²) >= 11 is 1.26. The van der Waals surface area contributed by atoms with Crippen LogP contribution in [-0.4, -0.2) is 44.1 Å². The fourth-order valence-corrected chi connectivity index (χ4v) is 4.15. The molecule has 0 spiro atoms. The van der Waals surface area contributed by atoms with Crippen LogP contribution in [0, 0.1) is 0 Å². The van der Waals surface area contributed by atoms with E-state index in [-0.39, 0.29) is 19.9 Å². The summed E-state index contributed by atoms with van der Waals surface area (Å²) in [6, 6.07) is 8.40. The second kappa shape index (κ2) is 8.68. The van der Waals surface area contributed by atoms with Crippen LogP contribution in [0.25, 0.3) is 10.2 Å². The van der Waals surface area contributed by atoms with E-state index in [0.29, 0.717) is 38.9 Å². The van der Waals surface area contributed by atoms with Crippen LogP contribution in [0.15, 0.2) is 35.3 Å². The number of amides is 1. The molecule has 4 rings (SSSR count). The molecule has 0 unspecified atom stereocenters. The number of carbonyl (C=O) groups excluding carboxylic acids is 2. The number of esters is 1. The van der Waals surface area contributed by atoms with Gasteiger partial charge in [-0.25, -0.2) is 0 Å². The van der Waals surface area contributed by atoms with Gasteiger partial charge < -0.3 is 28.3 Å². The van der Waals surface area contributed by atoms with Crippen molar-refractivity contribution >= 4 is 33.4 Å². The minimum absolute atomic E-state index is 0.0962. The number of aromatic nitrogens is 1. The molecular formula is C21H20N2O7S. The zero-order valence-electron chi connectivity index (χ0n) is 17.2. The highest BCUT2D eigenvalue weighted by molar-refractivity contribution is 7.16. The molecule has 1 aromatic heterocycles. The number of rotatable bonds is 6. The Hall–Kier alpha value is -3.53. The molecule has 0 fully saturated rings. The van der Waals surface area contributed by atoms with Crippen molar-refractivity contribution in [2.24, 2.45) is 4.99 Å². The van der Waals surface area contributed by atoms with Gasteiger partial charge in [-0.3, -0.25) is 9.59 Å². The van der Waals surface area contributed by atoms with Crippen LogP contribution >= 0.6 is 11.3 Å². The smallest absolute Gasteiger partial charge is 0.326 e. The Bertz CT molecular complexity index is 1210. The Morgan fingerprint density at radius 3 is 2.39 bits per heavy atom. The predicted octanol–water partition coefficient (Wildman–Crippen LogP) is 2.75. The maximum Gasteiger partial charge on any atom is 0.326 e. The number of ether oxygens (including phenoxy) is 5. The van der Waals surface area contributed by atoms with Gasteiger partial charge in [0.15, 0.2) is 16.3 Å². The summed E-state index contributed by atoms with van der Waals surface area (Å²) in [7, 11) is 3.01. The summed E-state index contributed by atoms with van der Waals surface area (Å²) in [4.78, 5) is 29.8. The Labute approximate surface area is 181 Å². The molecular weight excluding hydrogens is 424 g/mol. The van der Waals surface area contributed by atoms with E-state index in [1.54, 1.807) is 35.8 Å². The first-order chi connectivity index (χ1) is 15.0. The molecule has 2 aromatic carbocycles. The van der Waals surface area contributed by atoms with Gasteiger partial charge in [-0.1, -0.05) is 11.3 Å². The van der Waals surface area contributed by atoms with Gasteiger partial charge in [0.05, 0.1) is 31.0 Å². The third kappa shape index (κ3) is 4.19. The zero-order valence-corrected chi connectivity index (χ0v) is 18.0. The second-order valence-corrected chi connectivity index (χ2v) is 7.48. The molecule has 1 amide bonds. The summed E-state index contributed by atoms with van der Waals surface area (Å²) in [5.41, 5.74) is 0.988. The first-order valence-corrected chi connectivity index (χ1v) is 10.2. The van der Waals surface area contributed by atoms with Crippen molar-refractivity contribution in [1.82, 2.24) is 4.57 Å². The number of nitrogens with zero attached hydrogens (tertiary/aromatic N) is 2. The lowest BCUT2D eigenvalue weighted by Gasteiger charge is -2.07. The Morgan fingerprint density at radius 2 is 1.74 bits per heavy atom. The van der Waals surface area contributed by atoms with Crippen LogP contribution in [0.4, 0.5) is 0 Å². The van der Waals surface area contributed by atoms with Gasteiger partial charge in [0.25, 0.3) is 5.91 Å². The maximum absolute atomic E-state index is 12.9. The second-order valence-electron chi connectivity index (χ2n) is 6.47. The number of hydrogen-bond donors (Lipinski definition) is 0. The number of fused-ring (bicyclic) bond motifs is 2. The Kier molecular flexibility index (Phi) is 5.81. The number of carbonyl (C=O) groups is 2. The molecule has 0 bridgehead atoms. The quantitative estimate of drug-likeness (QED) is 0.539. The van der Waals surface area contributed by atoms with E-state index in [1.807, 2.05) is 6.07 Å². The lowest BCUT2D eigenvalue weighted by atomic mass is 10.2. The van der Waals surface area contributed by atoms with Crippen molar-refractivity contribution < 1.29 is 33.3 Å². The van der Waals surface area contributed by atoms with Crippen molar-refractivity contribution in [3.8, 4) is 23.0 Å². The highest BCUT2D eigenvalue weighted by Gasteiger charge is 2.20. The predicted molar refractivity (Wildman–Crippen MR) is 112 cm³/mol. The minimum atomic E-state index is -0.499. The van der Waals surface area contributed by atoms with Crippen LogP contribution in [0.3, 0.4) is 0 Å². The maximum atomic E-state index is 12.9. The molecule has 0 N–H and O–H groups in total. The van der Waals surface area contributed by atoms with Crippen molar-refractivity contribution in [1.29, 1.82) is 0 Å².